The van der Waals surface area contributed by atoms with Gasteiger partial charge in [0.25, 0.3) is 0 Å². The number of benzene rings is 2. The van der Waals surface area contributed by atoms with E-state index in [1.54, 1.807) is 4.90 Å². The molecule has 2 aromatic rings. The minimum absolute atomic E-state index is 0.00106. The summed E-state index contributed by atoms with van der Waals surface area (Å²) in [5, 5.41) is 3.00. The maximum atomic E-state index is 12.7. The number of halogens is 1. The van der Waals surface area contributed by atoms with Crippen molar-refractivity contribution in [3.05, 3.63) is 57.1 Å². The van der Waals surface area contributed by atoms with Gasteiger partial charge in [0, 0.05) is 28.8 Å². The van der Waals surface area contributed by atoms with Crippen LogP contribution in [0.4, 0.5) is 11.4 Å². The molecule has 0 bridgehead atoms. The first-order valence-corrected chi connectivity index (χ1v) is 9.51. The lowest BCUT2D eigenvalue weighted by Gasteiger charge is -2.18. The minimum Gasteiger partial charge on any atom is -0.326 e. The largest absolute Gasteiger partial charge is 0.326 e. The Labute approximate surface area is 162 Å². The monoisotopic (exact) mass is 414 g/mol. The van der Waals surface area contributed by atoms with E-state index in [0.717, 1.165) is 38.1 Å². The van der Waals surface area contributed by atoms with E-state index in [1.807, 2.05) is 52.0 Å². The van der Waals surface area contributed by atoms with Crippen molar-refractivity contribution in [2.75, 3.05) is 16.8 Å². The molecule has 1 fully saturated rings. The van der Waals surface area contributed by atoms with E-state index in [9.17, 15) is 9.59 Å². The van der Waals surface area contributed by atoms with E-state index in [4.69, 9.17) is 0 Å². The molecule has 1 heterocycles. The predicted octanol–water partition coefficient (Wildman–Crippen LogP) is 4.67. The average molecular weight is 415 g/mol. The lowest BCUT2D eigenvalue weighted by molar-refractivity contribution is -0.122. The summed E-state index contributed by atoms with van der Waals surface area (Å²) < 4.78 is 1.02. The summed E-state index contributed by atoms with van der Waals surface area (Å²) in [5.41, 5.74) is 6.03. The molecule has 3 rings (SSSR count). The van der Waals surface area contributed by atoms with E-state index >= 15 is 0 Å². The zero-order valence-corrected chi connectivity index (χ0v) is 17.1. The van der Waals surface area contributed by atoms with Crippen LogP contribution in [0, 0.1) is 33.6 Å². The van der Waals surface area contributed by atoms with Crippen molar-refractivity contribution in [2.24, 2.45) is 5.92 Å². The van der Waals surface area contributed by atoms with Gasteiger partial charge in [0.15, 0.2) is 0 Å². The predicted molar refractivity (Wildman–Crippen MR) is 109 cm³/mol. The molecule has 26 heavy (non-hydrogen) atoms. The molecule has 1 saturated heterocycles. The van der Waals surface area contributed by atoms with Crippen molar-refractivity contribution in [2.45, 2.75) is 34.1 Å². The first-order chi connectivity index (χ1) is 12.3. The highest BCUT2D eigenvalue weighted by molar-refractivity contribution is 9.10. The molecular weight excluding hydrogens is 392 g/mol. The van der Waals surface area contributed by atoms with Gasteiger partial charge in [-0.05, 0) is 74.2 Å². The quantitative estimate of drug-likeness (QED) is 0.792. The van der Waals surface area contributed by atoms with Crippen molar-refractivity contribution in [1.82, 2.24) is 0 Å². The molecule has 2 aromatic carbocycles. The van der Waals surface area contributed by atoms with Crippen LogP contribution in [0.5, 0.6) is 0 Å². The zero-order valence-electron chi connectivity index (χ0n) is 15.5. The summed E-state index contributed by atoms with van der Waals surface area (Å²) in [6.07, 6.45) is 0.243. The summed E-state index contributed by atoms with van der Waals surface area (Å²) in [6, 6.07) is 9.88. The third-order valence-electron chi connectivity index (χ3n) is 4.99. The Morgan fingerprint density at radius 3 is 2.38 bits per heavy atom. The Balaban J connectivity index is 1.76. The maximum Gasteiger partial charge on any atom is 0.229 e. The lowest BCUT2D eigenvalue weighted by Crippen LogP contribution is -2.28. The van der Waals surface area contributed by atoms with Gasteiger partial charge in [-0.2, -0.15) is 0 Å². The molecular formula is C21H23BrN2O2. The van der Waals surface area contributed by atoms with E-state index < -0.39 is 0 Å². The first kappa shape index (κ1) is 18.6. The summed E-state index contributed by atoms with van der Waals surface area (Å²) in [7, 11) is 0. The van der Waals surface area contributed by atoms with Gasteiger partial charge in [0.05, 0.1) is 5.92 Å². The summed E-state index contributed by atoms with van der Waals surface area (Å²) in [6.45, 7) is 8.44. The average Bonchev–Trinajstić information content (AvgIpc) is 2.96. The molecule has 1 N–H and O–H groups in total. The van der Waals surface area contributed by atoms with Crippen LogP contribution in [-0.2, 0) is 9.59 Å². The Morgan fingerprint density at radius 1 is 1.08 bits per heavy atom. The summed E-state index contributed by atoms with van der Waals surface area (Å²) in [4.78, 5) is 26.9. The molecule has 0 aliphatic carbocycles. The Kier molecular flexibility index (Phi) is 5.19. The Morgan fingerprint density at radius 2 is 1.73 bits per heavy atom. The molecule has 0 unspecified atom stereocenters. The molecule has 1 atom stereocenters. The van der Waals surface area contributed by atoms with Crippen molar-refractivity contribution in [1.29, 1.82) is 0 Å². The summed E-state index contributed by atoms with van der Waals surface area (Å²) >= 11 is 3.50. The van der Waals surface area contributed by atoms with Gasteiger partial charge in [-0.1, -0.05) is 22.0 Å². The van der Waals surface area contributed by atoms with Crippen molar-refractivity contribution >= 4 is 39.1 Å². The van der Waals surface area contributed by atoms with Crippen LogP contribution in [-0.4, -0.2) is 18.4 Å². The van der Waals surface area contributed by atoms with Gasteiger partial charge in [-0.15, -0.1) is 0 Å². The van der Waals surface area contributed by atoms with Crippen LogP contribution in [0.2, 0.25) is 0 Å². The topological polar surface area (TPSA) is 49.4 Å². The third-order valence-corrected chi connectivity index (χ3v) is 5.85. The number of aryl methyl sites for hydroxylation is 2. The second-order valence-electron chi connectivity index (χ2n) is 7.09. The molecule has 5 heteroatoms. The molecule has 4 nitrogen and oxygen atoms in total. The fourth-order valence-corrected chi connectivity index (χ4v) is 3.83. The van der Waals surface area contributed by atoms with Gasteiger partial charge in [0.1, 0.15) is 0 Å². The van der Waals surface area contributed by atoms with E-state index in [-0.39, 0.29) is 24.2 Å². The van der Waals surface area contributed by atoms with Crippen LogP contribution < -0.4 is 10.2 Å². The van der Waals surface area contributed by atoms with Crippen molar-refractivity contribution < 1.29 is 9.59 Å². The SMILES string of the molecule is Cc1cc(C)cc(N2C[C@@H](C(=O)Nc3ccc(Br)c(C)c3C)CC2=O)c1. The van der Waals surface area contributed by atoms with E-state index in [2.05, 4.69) is 27.3 Å². The van der Waals surface area contributed by atoms with Crippen molar-refractivity contribution in [3.8, 4) is 0 Å². The van der Waals surface area contributed by atoms with E-state index in [1.165, 1.54) is 0 Å². The molecule has 2 amide bonds. The van der Waals surface area contributed by atoms with Crippen LogP contribution in [0.3, 0.4) is 0 Å². The van der Waals surface area contributed by atoms with Crippen LogP contribution in [0.1, 0.15) is 28.7 Å². The number of hydrogen-bond acceptors (Lipinski definition) is 2. The molecule has 1 aliphatic rings. The number of nitrogens with zero attached hydrogens (tertiary/aromatic N) is 1. The van der Waals surface area contributed by atoms with Gasteiger partial charge in [-0.25, -0.2) is 0 Å². The molecule has 0 aromatic heterocycles. The third kappa shape index (κ3) is 3.68. The molecule has 0 radical (unpaired) electrons. The maximum absolute atomic E-state index is 12.7. The fraction of sp³-hybridized carbons (Fsp3) is 0.333. The van der Waals surface area contributed by atoms with Crippen molar-refractivity contribution in [3.63, 3.8) is 0 Å². The van der Waals surface area contributed by atoms with Gasteiger partial charge >= 0.3 is 0 Å². The van der Waals surface area contributed by atoms with Gasteiger partial charge in [0.2, 0.25) is 11.8 Å². The fourth-order valence-electron chi connectivity index (χ4n) is 3.40. The Bertz CT molecular complexity index is 872. The zero-order chi connectivity index (χ0) is 19.0. The first-order valence-electron chi connectivity index (χ1n) is 8.71. The molecule has 0 spiro atoms. The molecule has 0 saturated carbocycles. The number of anilines is 2. The molecule has 1 aliphatic heterocycles. The summed E-state index contributed by atoms with van der Waals surface area (Å²) in [5.74, 6) is -0.444. The standard InChI is InChI=1S/C21H23BrN2O2/c1-12-7-13(2)9-17(8-12)24-11-16(10-20(24)25)21(26)23-19-6-5-18(22)14(3)15(19)4/h5-9,16H,10-11H2,1-4H3,(H,23,26)/t16-/m0/s1. The number of carbonyl (C=O) groups excluding carboxylic acids is 2. The number of amides is 2. The van der Waals surface area contributed by atoms with Crippen LogP contribution in [0.15, 0.2) is 34.8 Å². The van der Waals surface area contributed by atoms with E-state index in [0.29, 0.717) is 6.54 Å². The Hall–Kier alpha value is -2.14. The smallest absolute Gasteiger partial charge is 0.229 e. The number of rotatable bonds is 3. The highest BCUT2D eigenvalue weighted by Gasteiger charge is 2.35. The second kappa shape index (κ2) is 7.23. The van der Waals surface area contributed by atoms with Gasteiger partial charge in [-0.3, -0.25) is 9.59 Å². The van der Waals surface area contributed by atoms with Crippen LogP contribution >= 0.6 is 15.9 Å². The normalized spacial score (nSPS) is 16.9. The van der Waals surface area contributed by atoms with Gasteiger partial charge < -0.3 is 10.2 Å². The highest BCUT2D eigenvalue weighted by atomic mass is 79.9. The number of carbonyl (C=O) groups is 2. The number of hydrogen-bond donors (Lipinski definition) is 1. The van der Waals surface area contributed by atoms with Crippen LogP contribution in [0.25, 0.3) is 0 Å². The number of nitrogens with one attached hydrogen (secondary N) is 1. The minimum atomic E-state index is -0.341. The second-order valence-corrected chi connectivity index (χ2v) is 7.94. The highest BCUT2D eigenvalue weighted by Crippen LogP contribution is 2.29. The molecule has 136 valence electrons. The lowest BCUT2D eigenvalue weighted by atomic mass is 10.1.